The van der Waals surface area contributed by atoms with Gasteiger partial charge in [-0.15, -0.1) is 11.3 Å². The first-order valence-electron chi connectivity index (χ1n) is 8.07. The van der Waals surface area contributed by atoms with Gasteiger partial charge in [0.25, 0.3) is 5.56 Å². The molecular formula is C17H18N4O5S2. The molecule has 0 aliphatic heterocycles. The van der Waals surface area contributed by atoms with Crippen LogP contribution in [0.25, 0.3) is 10.2 Å². The Labute approximate surface area is 165 Å². The largest absolute Gasteiger partial charge is 0.495 e. The Balaban J connectivity index is 1.86. The number of benzene rings is 1. The molecule has 11 heteroatoms. The van der Waals surface area contributed by atoms with Crippen molar-refractivity contribution in [2.75, 3.05) is 26.5 Å². The molecule has 0 saturated carbocycles. The molecule has 148 valence electrons. The summed E-state index contributed by atoms with van der Waals surface area (Å²) in [4.78, 5) is 29.4. The number of ether oxygens (including phenoxy) is 1. The minimum atomic E-state index is -3.77. The van der Waals surface area contributed by atoms with E-state index >= 15 is 0 Å². The van der Waals surface area contributed by atoms with Gasteiger partial charge in [-0.25, -0.2) is 17.7 Å². The molecule has 1 N–H and O–H groups in total. The Kier molecular flexibility index (Phi) is 5.49. The molecule has 2 heterocycles. The van der Waals surface area contributed by atoms with Crippen molar-refractivity contribution in [3.63, 3.8) is 0 Å². The Morgan fingerprint density at radius 1 is 1.32 bits per heavy atom. The number of nitrogens with zero attached hydrogens (tertiary/aromatic N) is 3. The molecule has 0 saturated heterocycles. The fraction of sp³-hybridized carbons (Fsp3) is 0.235. The fourth-order valence-electron chi connectivity index (χ4n) is 2.51. The average molecular weight is 422 g/mol. The number of methoxy groups -OCH3 is 1. The van der Waals surface area contributed by atoms with Crippen LogP contribution < -0.4 is 15.6 Å². The SMILES string of the molecule is COc1ccc(NC(=O)Cn2cnc3sccc3c2=O)cc1S(=O)(=O)N(C)C. The third-order valence-corrected chi connectivity index (χ3v) is 6.63. The van der Waals surface area contributed by atoms with Gasteiger partial charge in [0.15, 0.2) is 0 Å². The average Bonchev–Trinajstić information content (AvgIpc) is 3.13. The van der Waals surface area contributed by atoms with Gasteiger partial charge < -0.3 is 10.1 Å². The van der Waals surface area contributed by atoms with Crippen LogP contribution in [0.3, 0.4) is 0 Å². The summed E-state index contributed by atoms with van der Waals surface area (Å²) in [5, 5.41) is 4.81. The van der Waals surface area contributed by atoms with E-state index in [-0.39, 0.29) is 28.4 Å². The zero-order valence-electron chi connectivity index (χ0n) is 15.4. The number of thiophene rings is 1. The molecule has 0 aliphatic rings. The lowest BCUT2D eigenvalue weighted by molar-refractivity contribution is -0.116. The lowest BCUT2D eigenvalue weighted by atomic mass is 10.3. The predicted octanol–water partition coefficient (Wildman–Crippen LogP) is 1.36. The lowest BCUT2D eigenvalue weighted by Crippen LogP contribution is -2.27. The van der Waals surface area contributed by atoms with Crippen molar-refractivity contribution in [1.29, 1.82) is 0 Å². The van der Waals surface area contributed by atoms with Crippen LogP contribution in [0.2, 0.25) is 0 Å². The van der Waals surface area contributed by atoms with E-state index in [4.69, 9.17) is 4.74 Å². The zero-order chi connectivity index (χ0) is 20.5. The molecule has 0 atom stereocenters. The number of carbonyl (C=O) groups excluding carboxylic acids is 1. The van der Waals surface area contributed by atoms with Crippen LogP contribution in [0, 0.1) is 0 Å². The lowest BCUT2D eigenvalue weighted by Gasteiger charge is -2.16. The minimum Gasteiger partial charge on any atom is -0.495 e. The molecule has 1 aromatic carbocycles. The molecular weight excluding hydrogens is 404 g/mol. The fourth-order valence-corrected chi connectivity index (χ4v) is 4.31. The summed E-state index contributed by atoms with van der Waals surface area (Å²) in [6, 6.07) is 5.95. The number of amides is 1. The number of hydrogen-bond donors (Lipinski definition) is 1. The molecule has 0 spiro atoms. The third-order valence-electron chi connectivity index (χ3n) is 3.97. The molecule has 2 aromatic heterocycles. The summed E-state index contributed by atoms with van der Waals surface area (Å²) in [5.41, 5.74) is -0.0455. The van der Waals surface area contributed by atoms with Crippen LogP contribution in [-0.2, 0) is 21.4 Å². The first-order chi connectivity index (χ1) is 13.2. The van der Waals surface area contributed by atoms with Crippen molar-refractivity contribution in [1.82, 2.24) is 13.9 Å². The van der Waals surface area contributed by atoms with E-state index in [9.17, 15) is 18.0 Å². The second kappa shape index (κ2) is 7.70. The summed E-state index contributed by atoms with van der Waals surface area (Å²) >= 11 is 1.34. The van der Waals surface area contributed by atoms with Gasteiger partial charge in [-0.1, -0.05) is 0 Å². The van der Waals surface area contributed by atoms with Crippen molar-refractivity contribution in [3.05, 3.63) is 46.3 Å². The number of nitrogens with one attached hydrogen (secondary N) is 1. The number of fused-ring (bicyclic) bond motifs is 1. The topological polar surface area (TPSA) is 111 Å². The summed E-state index contributed by atoms with van der Waals surface area (Å²) in [6.45, 7) is -0.251. The Bertz CT molecular complexity index is 1200. The van der Waals surface area contributed by atoms with Crippen LogP contribution >= 0.6 is 11.3 Å². The summed E-state index contributed by atoms with van der Waals surface area (Å²) < 4.78 is 32.3. The van der Waals surface area contributed by atoms with E-state index in [0.717, 1.165) is 4.31 Å². The van der Waals surface area contributed by atoms with Crippen LogP contribution in [-0.4, -0.2) is 49.4 Å². The number of carbonyl (C=O) groups is 1. The number of rotatable bonds is 6. The van der Waals surface area contributed by atoms with Crippen molar-refractivity contribution in [2.45, 2.75) is 11.4 Å². The highest BCUT2D eigenvalue weighted by Gasteiger charge is 2.23. The molecule has 0 radical (unpaired) electrons. The molecule has 9 nitrogen and oxygen atoms in total. The number of sulfonamides is 1. The summed E-state index contributed by atoms with van der Waals surface area (Å²) in [7, 11) is 0.400. The highest BCUT2D eigenvalue weighted by Crippen LogP contribution is 2.28. The second-order valence-electron chi connectivity index (χ2n) is 6.02. The molecule has 0 fully saturated rings. The van der Waals surface area contributed by atoms with Gasteiger partial charge in [-0.05, 0) is 29.6 Å². The minimum absolute atomic E-state index is 0.0728. The Hall–Kier alpha value is -2.76. The van der Waals surface area contributed by atoms with Gasteiger partial charge in [0.1, 0.15) is 22.0 Å². The van der Waals surface area contributed by atoms with E-state index in [1.165, 1.54) is 61.6 Å². The molecule has 0 aliphatic carbocycles. The van der Waals surface area contributed by atoms with Gasteiger partial charge in [0.2, 0.25) is 15.9 Å². The van der Waals surface area contributed by atoms with E-state index in [0.29, 0.717) is 10.2 Å². The molecule has 1 amide bonds. The monoisotopic (exact) mass is 422 g/mol. The number of hydrogen-bond acceptors (Lipinski definition) is 7. The zero-order valence-corrected chi connectivity index (χ0v) is 17.0. The maximum atomic E-state index is 12.5. The standard InChI is InChI=1S/C17H18N4O5S2/c1-20(2)28(24,25)14-8-11(4-5-13(14)26-3)19-15(22)9-21-10-18-16-12(17(21)23)6-7-27-16/h4-8,10H,9H2,1-3H3,(H,19,22). The van der Waals surface area contributed by atoms with Gasteiger partial charge in [-0.2, -0.15) is 0 Å². The first-order valence-corrected chi connectivity index (χ1v) is 10.4. The van der Waals surface area contributed by atoms with Crippen LogP contribution in [0.4, 0.5) is 5.69 Å². The third kappa shape index (κ3) is 3.77. The Morgan fingerprint density at radius 3 is 2.75 bits per heavy atom. The van der Waals surface area contributed by atoms with Crippen LogP contribution in [0.15, 0.2) is 45.7 Å². The van der Waals surface area contributed by atoms with Crippen molar-refractivity contribution in [3.8, 4) is 5.75 Å². The van der Waals surface area contributed by atoms with E-state index in [1.54, 1.807) is 11.4 Å². The maximum absolute atomic E-state index is 12.5. The van der Waals surface area contributed by atoms with Gasteiger partial charge in [0.05, 0.1) is 18.8 Å². The smallest absolute Gasteiger partial charge is 0.262 e. The quantitative estimate of drug-likeness (QED) is 0.642. The highest BCUT2D eigenvalue weighted by molar-refractivity contribution is 7.89. The number of anilines is 1. The Morgan fingerprint density at radius 2 is 2.07 bits per heavy atom. The second-order valence-corrected chi connectivity index (χ2v) is 9.03. The number of aromatic nitrogens is 2. The highest BCUT2D eigenvalue weighted by atomic mass is 32.2. The normalized spacial score (nSPS) is 11.7. The van der Waals surface area contributed by atoms with Crippen LogP contribution in [0.5, 0.6) is 5.75 Å². The van der Waals surface area contributed by atoms with Gasteiger partial charge >= 0.3 is 0 Å². The van der Waals surface area contributed by atoms with Crippen molar-refractivity contribution >= 4 is 43.2 Å². The van der Waals surface area contributed by atoms with Crippen LogP contribution in [0.1, 0.15) is 0 Å². The molecule has 28 heavy (non-hydrogen) atoms. The summed E-state index contributed by atoms with van der Waals surface area (Å²) in [5.74, 6) is -0.327. The van der Waals surface area contributed by atoms with E-state index < -0.39 is 15.9 Å². The predicted molar refractivity (Wildman–Crippen MR) is 106 cm³/mol. The van der Waals surface area contributed by atoms with Gasteiger partial charge in [-0.3, -0.25) is 14.2 Å². The van der Waals surface area contributed by atoms with E-state index in [1.807, 2.05) is 0 Å². The molecule has 0 bridgehead atoms. The van der Waals surface area contributed by atoms with Crippen molar-refractivity contribution in [2.24, 2.45) is 0 Å². The molecule has 0 unspecified atom stereocenters. The first kappa shape index (κ1) is 20.0. The molecule has 3 aromatic rings. The maximum Gasteiger partial charge on any atom is 0.262 e. The van der Waals surface area contributed by atoms with Crippen molar-refractivity contribution < 1.29 is 17.9 Å². The van der Waals surface area contributed by atoms with E-state index in [2.05, 4.69) is 10.3 Å². The van der Waals surface area contributed by atoms with Gasteiger partial charge in [0, 0.05) is 19.8 Å². The molecule has 3 rings (SSSR count). The summed E-state index contributed by atoms with van der Waals surface area (Å²) in [6.07, 6.45) is 1.32.